The number of aromatic amines is 1. The average molecular weight is 283 g/mol. The number of halogens is 1. The van der Waals surface area contributed by atoms with E-state index in [1.54, 1.807) is 19.3 Å². The Kier molecular flexibility index (Phi) is 3.96. The van der Waals surface area contributed by atoms with E-state index in [1.807, 2.05) is 0 Å². The summed E-state index contributed by atoms with van der Waals surface area (Å²) in [6.45, 7) is 1.73. The van der Waals surface area contributed by atoms with E-state index in [0.717, 1.165) is 5.56 Å². The third kappa shape index (κ3) is 3.87. The highest BCUT2D eigenvalue weighted by Gasteiger charge is 2.17. The fourth-order valence-electron chi connectivity index (χ4n) is 1.68. The molecule has 1 unspecified atom stereocenters. The van der Waals surface area contributed by atoms with Crippen molar-refractivity contribution < 1.29 is 12.8 Å². The molecule has 2 N–H and O–H groups in total. The van der Waals surface area contributed by atoms with Gasteiger partial charge in [0.15, 0.2) is 0 Å². The van der Waals surface area contributed by atoms with E-state index < -0.39 is 10.0 Å². The molecule has 2 rings (SSSR count). The number of hydrogen-bond donors (Lipinski definition) is 2. The van der Waals surface area contributed by atoms with Gasteiger partial charge in [0, 0.05) is 17.8 Å². The van der Waals surface area contributed by atoms with Gasteiger partial charge in [0.25, 0.3) is 0 Å². The SMILES string of the molecule is CC(NS(=O)(=O)Cc1ccc(F)cc1)c1cn[nH]c1. The lowest BCUT2D eigenvalue weighted by Crippen LogP contribution is -2.27. The summed E-state index contributed by atoms with van der Waals surface area (Å²) in [7, 11) is -3.49. The Bertz CT molecular complexity index is 624. The molecule has 2 aromatic rings. The molecule has 1 aromatic carbocycles. The van der Waals surface area contributed by atoms with Gasteiger partial charge in [-0.3, -0.25) is 5.10 Å². The number of nitrogens with zero attached hydrogens (tertiary/aromatic N) is 1. The molecule has 19 heavy (non-hydrogen) atoms. The van der Waals surface area contributed by atoms with Gasteiger partial charge in [0.2, 0.25) is 10.0 Å². The van der Waals surface area contributed by atoms with Crippen LogP contribution >= 0.6 is 0 Å². The Labute approximate surface area is 110 Å². The molecule has 0 saturated heterocycles. The monoisotopic (exact) mass is 283 g/mol. The second-order valence-corrected chi connectivity index (χ2v) is 6.01. The van der Waals surface area contributed by atoms with Crippen molar-refractivity contribution in [1.82, 2.24) is 14.9 Å². The van der Waals surface area contributed by atoms with E-state index in [9.17, 15) is 12.8 Å². The summed E-state index contributed by atoms with van der Waals surface area (Å²) in [6, 6.07) is 5.02. The molecule has 1 heterocycles. The lowest BCUT2D eigenvalue weighted by Gasteiger charge is -2.12. The Morgan fingerprint density at radius 1 is 1.37 bits per heavy atom. The van der Waals surface area contributed by atoms with Crippen LogP contribution in [-0.2, 0) is 15.8 Å². The largest absolute Gasteiger partial charge is 0.285 e. The molecule has 0 bridgehead atoms. The van der Waals surface area contributed by atoms with E-state index in [-0.39, 0.29) is 17.6 Å². The van der Waals surface area contributed by atoms with Crippen LogP contribution < -0.4 is 4.72 Å². The average Bonchev–Trinajstić information content (AvgIpc) is 2.85. The Morgan fingerprint density at radius 2 is 2.05 bits per heavy atom. The molecule has 0 aliphatic carbocycles. The zero-order valence-electron chi connectivity index (χ0n) is 10.3. The quantitative estimate of drug-likeness (QED) is 0.877. The van der Waals surface area contributed by atoms with Gasteiger partial charge in [-0.2, -0.15) is 5.10 Å². The number of benzene rings is 1. The van der Waals surface area contributed by atoms with E-state index >= 15 is 0 Å². The van der Waals surface area contributed by atoms with Gasteiger partial charge < -0.3 is 0 Å². The Morgan fingerprint density at radius 3 is 2.63 bits per heavy atom. The van der Waals surface area contributed by atoms with Crippen LogP contribution in [0.3, 0.4) is 0 Å². The summed E-state index contributed by atoms with van der Waals surface area (Å²) in [5, 5.41) is 6.39. The van der Waals surface area contributed by atoms with E-state index in [2.05, 4.69) is 14.9 Å². The molecular formula is C12H14FN3O2S. The maximum atomic E-state index is 12.7. The fraction of sp³-hybridized carbons (Fsp3) is 0.250. The maximum Gasteiger partial charge on any atom is 0.216 e. The summed E-state index contributed by atoms with van der Waals surface area (Å²) in [6.07, 6.45) is 3.19. The zero-order valence-corrected chi connectivity index (χ0v) is 11.1. The first kappa shape index (κ1) is 13.7. The molecule has 102 valence electrons. The van der Waals surface area contributed by atoms with Crippen molar-refractivity contribution in [3.8, 4) is 0 Å². The van der Waals surface area contributed by atoms with Crippen LogP contribution in [0.15, 0.2) is 36.7 Å². The second-order valence-electron chi connectivity index (χ2n) is 4.26. The van der Waals surface area contributed by atoms with E-state index in [4.69, 9.17) is 0 Å². The second kappa shape index (κ2) is 5.50. The lowest BCUT2D eigenvalue weighted by molar-refractivity contribution is 0.566. The van der Waals surface area contributed by atoms with Crippen molar-refractivity contribution in [2.75, 3.05) is 0 Å². The van der Waals surface area contributed by atoms with Crippen LogP contribution in [0.4, 0.5) is 4.39 Å². The molecule has 0 aliphatic rings. The van der Waals surface area contributed by atoms with Crippen molar-refractivity contribution in [2.45, 2.75) is 18.7 Å². The van der Waals surface area contributed by atoms with Crippen LogP contribution in [0.25, 0.3) is 0 Å². The van der Waals surface area contributed by atoms with Gasteiger partial charge in [-0.25, -0.2) is 17.5 Å². The van der Waals surface area contributed by atoms with E-state index in [1.165, 1.54) is 24.3 Å². The predicted octanol–water partition coefficient (Wildman–Crippen LogP) is 1.73. The van der Waals surface area contributed by atoms with Crippen molar-refractivity contribution in [1.29, 1.82) is 0 Å². The highest BCUT2D eigenvalue weighted by molar-refractivity contribution is 7.88. The summed E-state index contributed by atoms with van der Waals surface area (Å²) in [5.74, 6) is -0.573. The van der Waals surface area contributed by atoms with Gasteiger partial charge in [-0.05, 0) is 24.6 Å². The molecule has 0 fully saturated rings. The van der Waals surface area contributed by atoms with Gasteiger partial charge >= 0.3 is 0 Å². The number of aromatic nitrogens is 2. The zero-order chi connectivity index (χ0) is 13.9. The molecular weight excluding hydrogens is 269 g/mol. The standard InChI is InChI=1S/C12H14FN3O2S/c1-9(11-6-14-15-7-11)16-19(17,18)8-10-2-4-12(13)5-3-10/h2-7,9,16H,8H2,1H3,(H,14,15). The minimum Gasteiger partial charge on any atom is -0.285 e. The van der Waals surface area contributed by atoms with Crippen LogP contribution in [-0.4, -0.2) is 18.6 Å². The smallest absolute Gasteiger partial charge is 0.216 e. The summed E-state index contributed by atoms with van der Waals surface area (Å²) >= 11 is 0. The van der Waals surface area contributed by atoms with Crippen molar-refractivity contribution in [3.63, 3.8) is 0 Å². The fourth-order valence-corrected chi connectivity index (χ4v) is 3.07. The molecule has 7 heteroatoms. The molecule has 0 radical (unpaired) electrons. The first-order chi connectivity index (χ1) is 8.96. The van der Waals surface area contributed by atoms with Gasteiger partial charge in [-0.15, -0.1) is 0 Å². The highest BCUT2D eigenvalue weighted by atomic mass is 32.2. The molecule has 0 saturated carbocycles. The third-order valence-electron chi connectivity index (χ3n) is 2.65. The van der Waals surface area contributed by atoms with Crippen LogP contribution in [0.1, 0.15) is 24.1 Å². The van der Waals surface area contributed by atoms with Crippen LogP contribution in [0, 0.1) is 5.82 Å². The topological polar surface area (TPSA) is 74.8 Å². The summed E-state index contributed by atoms with van der Waals surface area (Å²) in [5.41, 5.74) is 1.29. The Hall–Kier alpha value is -1.73. The van der Waals surface area contributed by atoms with Crippen LogP contribution in [0.5, 0.6) is 0 Å². The summed E-state index contributed by atoms with van der Waals surface area (Å²) in [4.78, 5) is 0. The molecule has 5 nitrogen and oxygen atoms in total. The van der Waals surface area contributed by atoms with E-state index in [0.29, 0.717) is 5.56 Å². The number of H-pyrrole nitrogens is 1. The predicted molar refractivity (Wildman–Crippen MR) is 69.2 cm³/mol. The summed E-state index contributed by atoms with van der Waals surface area (Å²) < 4.78 is 39.2. The van der Waals surface area contributed by atoms with Gasteiger partial charge in [0.1, 0.15) is 5.82 Å². The minimum atomic E-state index is -3.49. The van der Waals surface area contributed by atoms with Crippen molar-refractivity contribution in [2.24, 2.45) is 0 Å². The third-order valence-corrected chi connectivity index (χ3v) is 4.07. The van der Waals surface area contributed by atoms with Crippen LogP contribution in [0.2, 0.25) is 0 Å². The molecule has 1 aromatic heterocycles. The first-order valence-corrected chi connectivity index (χ1v) is 7.34. The first-order valence-electron chi connectivity index (χ1n) is 5.69. The number of hydrogen-bond acceptors (Lipinski definition) is 3. The van der Waals surface area contributed by atoms with Crippen molar-refractivity contribution >= 4 is 10.0 Å². The number of rotatable bonds is 5. The number of sulfonamides is 1. The molecule has 0 amide bonds. The minimum absolute atomic E-state index is 0.185. The molecule has 0 aliphatic heterocycles. The van der Waals surface area contributed by atoms with Gasteiger partial charge in [-0.1, -0.05) is 12.1 Å². The van der Waals surface area contributed by atoms with Crippen molar-refractivity contribution in [3.05, 3.63) is 53.6 Å². The number of nitrogens with one attached hydrogen (secondary N) is 2. The molecule has 0 spiro atoms. The normalized spacial score (nSPS) is 13.4. The lowest BCUT2D eigenvalue weighted by atomic mass is 10.2. The maximum absolute atomic E-state index is 12.7. The highest BCUT2D eigenvalue weighted by Crippen LogP contribution is 2.13. The van der Waals surface area contributed by atoms with Gasteiger partial charge in [0.05, 0.1) is 11.9 Å². The Balaban J connectivity index is 2.04. The molecule has 1 atom stereocenters.